The summed E-state index contributed by atoms with van der Waals surface area (Å²) in [6.45, 7) is 0. The van der Waals surface area contributed by atoms with Crippen molar-refractivity contribution < 1.29 is 9.90 Å². The smallest absolute Gasteiger partial charge is 0.270 e. The van der Waals surface area contributed by atoms with Crippen molar-refractivity contribution in [2.75, 3.05) is 7.05 Å². The third-order valence-electron chi connectivity index (χ3n) is 4.19. The zero-order chi connectivity index (χ0) is 16.0. The molecule has 0 aliphatic heterocycles. The first-order valence-electron chi connectivity index (χ1n) is 6.94. The average Bonchev–Trinajstić information content (AvgIpc) is 3.01. The van der Waals surface area contributed by atoms with Crippen LogP contribution in [0, 0.1) is 0 Å². The number of halogens is 2. The van der Waals surface area contributed by atoms with Crippen LogP contribution in [-0.2, 0) is 13.5 Å². The van der Waals surface area contributed by atoms with Crippen molar-refractivity contribution >= 4 is 29.1 Å². The number of aryl methyl sites for hydroxylation is 1. The molecule has 0 unspecified atom stereocenters. The summed E-state index contributed by atoms with van der Waals surface area (Å²) in [6.07, 6.45) is 1.54. The molecule has 2 aromatic rings. The third-order valence-corrected chi connectivity index (χ3v) is 4.75. The van der Waals surface area contributed by atoms with Crippen molar-refractivity contribution in [2.24, 2.45) is 7.05 Å². The van der Waals surface area contributed by atoms with Gasteiger partial charge < -0.3 is 14.6 Å². The molecule has 0 saturated carbocycles. The van der Waals surface area contributed by atoms with Gasteiger partial charge in [-0.1, -0.05) is 23.2 Å². The van der Waals surface area contributed by atoms with Gasteiger partial charge in [0.1, 0.15) is 5.69 Å². The van der Waals surface area contributed by atoms with Gasteiger partial charge in [-0.05, 0) is 35.4 Å². The van der Waals surface area contributed by atoms with E-state index in [1.54, 1.807) is 34.7 Å². The molecule has 1 aromatic carbocycles. The second kappa shape index (κ2) is 5.61. The second-order valence-corrected chi connectivity index (χ2v) is 6.44. The van der Waals surface area contributed by atoms with Crippen LogP contribution in [0.1, 0.15) is 27.7 Å². The fourth-order valence-electron chi connectivity index (χ4n) is 3.09. The number of carbonyl (C=O) groups excluding carboxylic acids is 1. The van der Waals surface area contributed by atoms with Gasteiger partial charge in [-0.15, -0.1) is 0 Å². The molecular formula is C16H16Cl2N2O2. The predicted molar refractivity (Wildman–Crippen MR) is 86.4 cm³/mol. The molecule has 0 spiro atoms. The second-order valence-electron chi connectivity index (χ2n) is 5.59. The lowest BCUT2D eigenvalue weighted by Crippen LogP contribution is -2.36. The van der Waals surface area contributed by atoms with Crippen LogP contribution in [0.3, 0.4) is 0 Å². The Balaban J connectivity index is 1.99. The maximum atomic E-state index is 12.7. The molecule has 116 valence electrons. The van der Waals surface area contributed by atoms with E-state index in [4.69, 9.17) is 23.2 Å². The quantitative estimate of drug-likeness (QED) is 0.914. The summed E-state index contributed by atoms with van der Waals surface area (Å²) in [6, 6.07) is 6.56. The minimum Gasteiger partial charge on any atom is -0.390 e. The first-order chi connectivity index (χ1) is 10.4. The summed E-state index contributed by atoms with van der Waals surface area (Å²) in [5.74, 6) is -0.152. The molecule has 0 saturated heterocycles. The highest BCUT2D eigenvalue weighted by Gasteiger charge is 2.38. The number of aliphatic hydroxyl groups is 1. The van der Waals surface area contributed by atoms with Gasteiger partial charge in [0.25, 0.3) is 5.91 Å². The fourth-order valence-corrected chi connectivity index (χ4v) is 3.67. The Morgan fingerprint density at radius 3 is 2.77 bits per heavy atom. The molecule has 4 nitrogen and oxygen atoms in total. The number of likely N-dealkylation sites (N-methyl/N-ethyl adjacent to an activating group) is 1. The minimum absolute atomic E-state index is 0.152. The summed E-state index contributed by atoms with van der Waals surface area (Å²) >= 11 is 12.3. The van der Waals surface area contributed by atoms with Crippen molar-refractivity contribution in [3.05, 3.63) is 57.3 Å². The number of fused-ring (bicyclic) bond motifs is 1. The Hall–Kier alpha value is -1.49. The average molecular weight is 339 g/mol. The molecule has 0 radical (unpaired) electrons. The van der Waals surface area contributed by atoms with E-state index >= 15 is 0 Å². The number of hydrogen-bond acceptors (Lipinski definition) is 2. The van der Waals surface area contributed by atoms with Gasteiger partial charge >= 0.3 is 0 Å². The maximum absolute atomic E-state index is 12.7. The zero-order valence-corrected chi connectivity index (χ0v) is 13.8. The monoisotopic (exact) mass is 338 g/mol. The van der Waals surface area contributed by atoms with E-state index in [2.05, 4.69) is 0 Å². The first-order valence-corrected chi connectivity index (χ1v) is 7.70. The number of carbonyl (C=O) groups is 1. The van der Waals surface area contributed by atoms with Crippen LogP contribution in [0.15, 0.2) is 30.5 Å². The molecule has 1 aliphatic rings. The van der Waals surface area contributed by atoms with Crippen LogP contribution in [0.4, 0.5) is 0 Å². The number of benzene rings is 1. The molecule has 1 aromatic heterocycles. The van der Waals surface area contributed by atoms with Crippen LogP contribution in [-0.4, -0.2) is 33.6 Å². The molecule has 1 N–H and O–H groups in total. The molecule has 3 rings (SSSR count). The van der Waals surface area contributed by atoms with Gasteiger partial charge in [0.05, 0.1) is 12.1 Å². The van der Waals surface area contributed by atoms with E-state index in [-0.39, 0.29) is 5.91 Å². The van der Waals surface area contributed by atoms with Crippen LogP contribution >= 0.6 is 23.2 Å². The lowest BCUT2D eigenvalue weighted by Gasteiger charge is -2.28. The Morgan fingerprint density at radius 2 is 2.14 bits per heavy atom. The van der Waals surface area contributed by atoms with E-state index in [0.717, 1.165) is 11.1 Å². The van der Waals surface area contributed by atoms with Crippen molar-refractivity contribution in [1.82, 2.24) is 9.47 Å². The highest BCUT2D eigenvalue weighted by molar-refractivity contribution is 6.35. The molecule has 0 fully saturated rings. The van der Waals surface area contributed by atoms with Crippen molar-refractivity contribution in [2.45, 2.75) is 18.6 Å². The minimum atomic E-state index is -0.694. The summed E-state index contributed by atoms with van der Waals surface area (Å²) in [5.41, 5.74) is 2.24. The van der Waals surface area contributed by atoms with Gasteiger partial charge in [0.15, 0.2) is 0 Å². The molecule has 6 heteroatoms. The predicted octanol–water partition coefficient (Wildman–Crippen LogP) is 3.06. The maximum Gasteiger partial charge on any atom is 0.270 e. The van der Waals surface area contributed by atoms with Gasteiger partial charge in [0, 0.05) is 36.8 Å². The largest absolute Gasteiger partial charge is 0.390 e. The van der Waals surface area contributed by atoms with Gasteiger partial charge in [-0.25, -0.2) is 0 Å². The Kier molecular flexibility index (Phi) is 3.93. The molecule has 1 amide bonds. The first kappa shape index (κ1) is 15.4. The standard InChI is InChI=1S/C16H16Cl2N2O2/c1-19-5-3-4-13(19)16(22)20(2)15-11-6-9(17)7-12(18)10(11)8-14(15)21/h3-7,14-15,21H,8H2,1-2H3/t14-,15-/m1/s1. The van der Waals surface area contributed by atoms with Gasteiger partial charge in [-0.3, -0.25) is 4.79 Å². The molecule has 2 atom stereocenters. The topological polar surface area (TPSA) is 45.5 Å². The van der Waals surface area contributed by atoms with Crippen molar-refractivity contribution in [3.8, 4) is 0 Å². The van der Waals surface area contributed by atoms with E-state index in [1.807, 2.05) is 19.3 Å². The van der Waals surface area contributed by atoms with Crippen molar-refractivity contribution in [3.63, 3.8) is 0 Å². The van der Waals surface area contributed by atoms with Gasteiger partial charge in [-0.2, -0.15) is 0 Å². The van der Waals surface area contributed by atoms with E-state index in [0.29, 0.717) is 22.2 Å². The molecule has 0 bridgehead atoms. The number of aromatic nitrogens is 1. The normalized spacial score (nSPS) is 20.0. The van der Waals surface area contributed by atoms with Crippen LogP contribution in [0.2, 0.25) is 10.0 Å². The van der Waals surface area contributed by atoms with E-state index < -0.39 is 12.1 Å². The third kappa shape index (κ3) is 2.41. The summed E-state index contributed by atoms with van der Waals surface area (Å²) in [7, 11) is 3.50. The number of hydrogen-bond donors (Lipinski definition) is 1. The summed E-state index contributed by atoms with van der Waals surface area (Å²) in [5, 5.41) is 11.4. The van der Waals surface area contributed by atoms with Crippen LogP contribution < -0.4 is 0 Å². The summed E-state index contributed by atoms with van der Waals surface area (Å²) in [4.78, 5) is 14.2. The fraction of sp³-hybridized carbons (Fsp3) is 0.312. The number of nitrogens with zero attached hydrogens (tertiary/aromatic N) is 2. The lowest BCUT2D eigenvalue weighted by atomic mass is 10.1. The zero-order valence-electron chi connectivity index (χ0n) is 12.3. The number of rotatable bonds is 2. The highest BCUT2D eigenvalue weighted by Crippen LogP contribution is 2.41. The number of aliphatic hydroxyl groups excluding tert-OH is 1. The SMILES string of the molecule is CN(C(=O)c1cccn1C)[C@@H]1c2cc(Cl)cc(Cl)c2C[C@H]1O. The molecular weight excluding hydrogens is 323 g/mol. The highest BCUT2D eigenvalue weighted by atomic mass is 35.5. The Morgan fingerprint density at radius 1 is 1.41 bits per heavy atom. The molecule has 1 aliphatic carbocycles. The molecule has 1 heterocycles. The van der Waals surface area contributed by atoms with Crippen molar-refractivity contribution in [1.29, 1.82) is 0 Å². The lowest BCUT2D eigenvalue weighted by molar-refractivity contribution is 0.0489. The van der Waals surface area contributed by atoms with E-state index in [1.165, 1.54) is 0 Å². The van der Waals surface area contributed by atoms with E-state index in [9.17, 15) is 9.90 Å². The molecule has 22 heavy (non-hydrogen) atoms. The number of amides is 1. The Bertz CT molecular complexity index is 742. The van der Waals surface area contributed by atoms with Gasteiger partial charge in [0.2, 0.25) is 0 Å². The summed E-state index contributed by atoms with van der Waals surface area (Å²) < 4.78 is 1.76. The van der Waals surface area contributed by atoms with Crippen LogP contribution in [0.25, 0.3) is 0 Å². The van der Waals surface area contributed by atoms with Crippen LogP contribution in [0.5, 0.6) is 0 Å². The Labute approximate surface area is 138 Å².